The molecule has 2 fully saturated rings. The van der Waals surface area contributed by atoms with Crippen molar-refractivity contribution in [3.8, 4) is 0 Å². The van der Waals surface area contributed by atoms with Gasteiger partial charge in [-0.05, 0) is 52.0 Å². The van der Waals surface area contributed by atoms with Gasteiger partial charge in [-0.2, -0.15) is 0 Å². The van der Waals surface area contributed by atoms with Crippen molar-refractivity contribution in [2.45, 2.75) is 59.6 Å². The number of hydrogen-bond acceptors (Lipinski definition) is 3. The standard InChI is InChI=1S/C20H31FN2O2/c1-7-20-14(3)15(20)8-9-16(17(20)21)22-10-11-23(13(2)12-22)18(24)25-19(4,5)6/h8-9,13-15H,7,10-12H2,1-6H3/t13-,14?,15?,20-/m0/s1. The summed E-state index contributed by atoms with van der Waals surface area (Å²) in [5.41, 5.74) is -0.0623. The van der Waals surface area contributed by atoms with Crippen LogP contribution in [0.1, 0.15) is 48.0 Å². The summed E-state index contributed by atoms with van der Waals surface area (Å²) in [5, 5.41) is 0. The Hall–Kier alpha value is -1.52. The molecule has 1 aliphatic heterocycles. The van der Waals surface area contributed by atoms with Crippen LogP contribution in [0.3, 0.4) is 0 Å². The van der Waals surface area contributed by atoms with Gasteiger partial charge in [0.2, 0.25) is 0 Å². The lowest BCUT2D eigenvalue weighted by Gasteiger charge is -2.42. The van der Waals surface area contributed by atoms with Crippen LogP contribution in [0.15, 0.2) is 23.7 Å². The number of nitrogens with zero attached hydrogens (tertiary/aromatic N) is 2. The summed E-state index contributed by atoms with van der Waals surface area (Å²) in [6.45, 7) is 13.7. The summed E-state index contributed by atoms with van der Waals surface area (Å²) in [6, 6.07) is -0.00998. The third-order valence-corrected chi connectivity index (χ3v) is 6.11. The Morgan fingerprint density at radius 1 is 1.36 bits per heavy atom. The van der Waals surface area contributed by atoms with Crippen molar-refractivity contribution in [2.75, 3.05) is 19.6 Å². The van der Waals surface area contributed by atoms with E-state index in [0.29, 0.717) is 31.5 Å². The minimum absolute atomic E-state index is 0.00998. The van der Waals surface area contributed by atoms with Crippen LogP contribution >= 0.6 is 0 Å². The second-order valence-corrected chi connectivity index (χ2v) is 8.74. The fraction of sp³-hybridized carbons (Fsp3) is 0.750. The highest BCUT2D eigenvalue weighted by Gasteiger charge is 2.64. The van der Waals surface area contributed by atoms with E-state index in [1.807, 2.05) is 33.8 Å². The number of halogens is 1. The minimum atomic E-state index is -0.501. The van der Waals surface area contributed by atoms with Crippen molar-refractivity contribution in [1.29, 1.82) is 0 Å². The lowest BCUT2D eigenvalue weighted by Crippen LogP contribution is -2.54. The largest absolute Gasteiger partial charge is 0.444 e. The van der Waals surface area contributed by atoms with Crippen LogP contribution in [0.4, 0.5) is 9.18 Å². The molecule has 25 heavy (non-hydrogen) atoms. The first-order chi connectivity index (χ1) is 11.6. The molecule has 0 aromatic carbocycles. The van der Waals surface area contributed by atoms with Gasteiger partial charge in [0.15, 0.2) is 0 Å². The Morgan fingerprint density at radius 2 is 2.04 bits per heavy atom. The van der Waals surface area contributed by atoms with E-state index in [1.165, 1.54) is 0 Å². The van der Waals surface area contributed by atoms with Crippen molar-refractivity contribution in [3.63, 3.8) is 0 Å². The maximum atomic E-state index is 15.3. The Kier molecular flexibility index (Phi) is 4.41. The fourth-order valence-electron chi connectivity index (χ4n) is 4.58. The van der Waals surface area contributed by atoms with Crippen molar-refractivity contribution in [3.05, 3.63) is 23.7 Å². The molecule has 1 saturated carbocycles. The van der Waals surface area contributed by atoms with Crippen LogP contribution in [0.5, 0.6) is 0 Å². The van der Waals surface area contributed by atoms with Crippen molar-refractivity contribution >= 4 is 6.09 Å². The molecule has 0 aromatic heterocycles. The predicted molar refractivity (Wildman–Crippen MR) is 96.6 cm³/mol. The van der Waals surface area contributed by atoms with Gasteiger partial charge in [0, 0.05) is 31.1 Å². The molecule has 3 rings (SSSR count). The molecular weight excluding hydrogens is 319 g/mol. The number of hydrogen-bond donors (Lipinski definition) is 0. The highest BCUT2D eigenvalue weighted by molar-refractivity contribution is 5.68. The molecule has 2 aliphatic carbocycles. The van der Waals surface area contributed by atoms with Crippen molar-refractivity contribution in [2.24, 2.45) is 17.3 Å². The SMILES string of the molecule is CC[C@@]12C(F)=C(N3CCN(C(=O)OC(C)(C)C)[C@@H](C)C3)C=CC1C2C. The normalized spacial score (nSPS) is 34.9. The van der Waals surface area contributed by atoms with E-state index in [2.05, 4.69) is 24.8 Å². The van der Waals surface area contributed by atoms with Gasteiger partial charge < -0.3 is 14.5 Å². The zero-order valence-electron chi connectivity index (χ0n) is 16.3. The lowest BCUT2D eigenvalue weighted by molar-refractivity contribution is 0.00494. The van der Waals surface area contributed by atoms with Crippen LogP contribution < -0.4 is 0 Å². The summed E-state index contributed by atoms with van der Waals surface area (Å²) in [7, 11) is 0. The van der Waals surface area contributed by atoms with E-state index in [1.54, 1.807) is 4.90 Å². The zero-order valence-corrected chi connectivity index (χ0v) is 16.3. The Morgan fingerprint density at radius 3 is 2.60 bits per heavy atom. The summed E-state index contributed by atoms with van der Waals surface area (Å²) in [6.07, 6.45) is 4.69. The molecule has 0 bridgehead atoms. The first-order valence-corrected chi connectivity index (χ1v) is 9.45. The second kappa shape index (κ2) is 6.03. The van der Waals surface area contributed by atoms with E-state index in [-0.39, 0.29) is 23.4 Å². The fourth-order valence-corrected chi connectivity index (χ4v) is 4.58. The maximum absolute atomic E-state index is 15.3. The number of rotatable bonds is 2. The highest BCUT2D eigenvalue weighted by Crippen LogP contribution is 2.68. The van der Waals surface area contributed by atoms with Crippen LogP contribution in [0.25, 0.3) is 0 Å². The second-order valence-electron chi connectivity index (χ2n) is 8.74. The molecule has 5 heteroatoms. The highest BCUT2D eigenvalue weighted by atomic mass is 19.1. The molecular formula is C20H31FN2O2. The molecule has 4 nitrogen and oxygen atoms in total. The Labute approximate surface area is 150 Å². The van der Waals surface area contributed by atoms with E-state index in [0.717, 1.165) is 12.1 Å². The summed E-state index contributed by atoms with van der Waals surface area (Å²) in [4.78, 5) is 16.2. The Bertz CT molecular complexity index is 622. The van der Waals surface area contributed by atoms with E-state index < -0.39 is 5.60 Å². The van der Waals surface area contributed by atoms with Crippen molar-refractivity contribution < 1.29 is 13.9 Å². The van der Waals surface area contributed by atoms with Gasteiger partial charge in [-0.25, -0.2) is 9.18 Å². The van der Waals surface area contributed by atoms with Gasteiger partial charge in [-0.1, -0.05) is 19.9 Å². The molecule has 0 radical (unpaired) electrons. The smallest absolute Gasteiger partial charge is 0.410 e. The van der Waals surface area contributed by atoms with Crippen molar-refractivity contribution in [1.82, 2.24) is 9.80 Å². The molecule has 0 spiro atoms. The molecule has 2 unspecified atom stereocenters. The van der Waals surface area contributed by atoms with Crippen LogP contribution in [-0.4, -0.2) is 47.2 Å². The number of ether oxygens (including phenoxy) is 1. The average Bonchev–Trinajstić information content (AvgIpc) is 3.12. The van der Waals surface area contributed by atoms with Gasteiger partial charge in [0.1, 0.15) is 11.4 Å². The molecule has 4 atom stereocenters. The molecule has 0 N–H and O–H groups in total. The predicted octanol–water partition coefficient (Wildman–Crippen LogP) is 4.34. The maximum Gasteiger partial charge on any atom is 0.410 e. The zero-order chi connectivity index (χ0) is 18.6. The number of amides is 1. The Balaban J connectivity index is 1.72. The molecule has 140 valence electrons. The van der Waals surface area contributed by atoms with Gasteiger partial charge in [0.25, 0.3) is 0 Å². The molecule has 1 amide bonds. The molecule has 3 aliphatic rings. The van der Waals surface area contributed by atoms with Crippen LogP contribution in [-0.2, 0) is 4.74 Å². The number of piperazine rings is 1. The first-order valence-electron chi connectivity index (χ1n) is 9.45. The van der Waals surface area contributed by atoms with Crippen LogP contribution in [0, 0.1) is 17.3 Å². The quantitative estimate of drug-likeness (QED) is 0.743. The first kappa shape index (κ1) is 18.3. The van der Waals surface area contributed by atoms with E-state index >= 15 is 4.39 Å². The van der Waals surface area contributed by atoms with E-state index in [9.17, 15) is 4.79 Å². The van der Waals surface area contributed by atoms with Gasteiger partial charge in [0.05, 0.1) is 5.70 Å². The molecule has 1 saturated heterocycles. The van der Waals surface area contributed by atoms with Crippen LogP contribution in [0.2, 0.25) is 0 Å². The molecule has 1 heterocycles. The summed E-state index contributed by atoms with van der Waals surface area (Å²) >= 11 is 0. The minimum Gasteiger partial charge on any atom is -0.444 e. The van der Waals surface area contributed by atoms with E-state index in [4.69, 9.17) is 4.74 Å². The van der Waals surface area contributed by atoms with Gasteiger partial charge >= 0.3 is 6.09 Å². The third-order valence-electron chi connectivity index (χ3n) is 6.11. The number of carbonyl (C=O) groups is 1. The number of allylic oxidation sites excluding steroid dienone is 3. The van der Waals surface area contributed by atoms with Gasteiger partial charge in [-0.3, -0.25) is 0 Å². The topological polar surface area (TPSA) is 32.8 Å². The molecule has 0 aromatic rings. The summed E-state index contributed by atoms with van der Waals surface area (Å²) < 4.78 is 20.7. The lowest BCUT2D eigenvalue weighted by atomic mass is 9.91. The number of carbonyl (C=O) groups excluding carboxylic acids is 1. The summed E-state index contributed by atoms with van der Waals surface area (Å²) in [5.74, 6) is 0.779. The average molecular weight is 350 g/mol. The monoisotopic (exact) mass is 350 g/mol. The third kappa shape index (κ3) is 2.96. The van der Waals surface area contributed by atoms with Gasteiger partial charge in [-0.15, -0.1) is 0 Å². The number of fused-ring (bicyclic) bond motifs is 1.